The molecule has 0 bridgehead atoms. The minimum atomic E-state index is 0.0803. The van der Waals surface area contributed by atoms with Crippen molar-refractivity contribution in [3.63, 3.8) is 0 Å². The van der Waals surface area contributed by atoms with Crippen LogP contribution in [-0.2, 0) is 12.8 Å². The third-order valence-electron chi connectivity index (χ3n) is 5.53. The number of Topliss-reactive ketones (excluding diaryl/α,β-unsaturated/α-hetero) is 1. The number of fused-ring (bicyclic) bond motifs is 8. The van der Waals surface area contributed by atoms with Crippen LogP contribution in [-0.4, -0.2) is 40.7 Å². The maximum atomic E-state index is 12.6. The van der Waals surface area contributed by atoms with Gasteiger partial charge in [-0.15, -0.1) is 26.6 Å². The lowest BCUT2D eigenvalue weighted by Gasteiger charge is -2.10. The molecule has 4 aromatic heterocycles. The minimum absolute atomic E-state index is 0.0803. The van der Waals surface area contributed by atoms with Crippen molar-refractivity contribution >= 4 is 50.5 Å². The SMILES string of the molecule is Cc1nc2c3c4c(sc3n3c(SCC(=O)c5ccccc5)nnc3n2n1)CCCC4. The van der Waals surface area contributed by atoms with E-state index in [2.05, 4.69) is 19.7 Å². The number of benzene rings is 1. The summed E-state index contributed by atoms with van der Waals surface area (Å²) in [7, 11) is 0. The van der Waals surface area contributed by atoms with Crippen molar-refractivity contribution < 1.29 is 4.79 Å². The Balaban J connectivity index is 1.52. The van der Waals surface area contributed by atoms with Gasteiger partial charge in [0.25, 0.3) is 5.78 Å². The summed E-state index contributed by atoms with van der Waals surface area (Å²) >= 11 is 3.23. The van der Waals surface area contributed by atoms with Gasteiger partial charge in [-0.05, 0) is 38.2 Å². The highest BCUT2D eigenvalue weighted by Crippen LogP contribution is 2.39. The Kier molecular flexibility index (Phi) is 4.14. The Morgan fingerprint density at radius 1 is 1.17 bits per heavy atom. The van der Waals surface area contributed by atoms with E-state index in [-0.39, 0.29) is 5.78 Å². The summed E-state index contributed by atoms with van der Waals surface area (Å²) in [6, 6.07) is 9.37. The number of carbonyl (C=O) groups excluding carboxylic acids is 1. The zero-order valence-corrected chi connectivity index (χ0v) is 18.0. The molecule has 150 valence electrons. The van der Waals surface area contributed by atoms with Crippen LogP contribution in [0.5, 0.6) is 0 Å². The van der Waals surface area contributed by atoms with Crippen LogP contribution in [0.4, 0.5) is 0 Å². The lowest BCUT2D eigenvalue weighted by Crippen LogP contribution is -2.04. The van der Waals surface area contributed by atoms with Crippen molar-refractivity contribution in [2.45, 2.75) is 37.8 Å². The molecule has 1 aliphatic rings. The van der Waals surface area contributed by atoms with Gasteiger partial charge in [-0.1, -0.05) is 42.1 Å². The van der Waals surface area contributed by atoms with Gasteiger partial charge >= 0.3 is 0 Å². The van der Waals surface area contributed by atoms with E-state index in [9.17, 15) is 4.79 Å². The highest BCUT2D eigenvalue weighted by Gasteiger charge is 2.25. The second kappa shape index (κ2) is 6.88. The van der Waals surface area contributed by atoms with E-state index in [4.69, 9.17) is 4.98 Å². The molecule has 1 aliphatic carbocycles. The Morgan fingerprint density at radius 3 is 2.87 bits per heavy atom. The van der Waals surface area contributed by atoms with Crippen LogP contribution in [0.3, 0.4) is 0 Å². The van der Waals surface area contributed by atoms with Gasteiger partial charge in [0.2, 0.25) is 0 Å². The van der Waals surface area contributed by atoms with E-state index in [1.807, 2.05) is 37.3 Å². The van der Waals surface area contributed by atoms with Gasteiger partial charge in [-0.3, -0.25) is 4.79 Å². The molecule has 6 rings (SSSR count). The summed E-state index contributed by atoms with van der Waals surface area (Å²) in [6.07, 6.45) is 4.60. The maximum Gasteiger partial charge on any atom is 0.260 e. The van der Waals surface area contributed by atoms with Gasteiger partial charge in [0.1, 0.15) is 10.7 Å². The van der Waals surface area contributed by atoms with Crippen LogP contribution in [0.25, 0.3) is 21.6 Å². The number of aromatic nitrogens is 6. The van der Waals surface area contributed by atoms with Crippen LogP contribution in [0.1, 0.15) is 39.5 Å². The normalized spacial score (nSPS) is 14.0. The second-order valence-electron chi connectivity index (χ2n) is 7.48. The van der Waals surface area contributed by atoms with Crippen molar-refractivity contribution in [1.82, 2.24) is 29.2 Å². The standard InChI is InChI=1S/C21H18N6OS2/c1-12-22-18-17-14-9-5-6-10-16(14)30-19(17)26-20(27(18)25-12)23-24-21(26)29-11-15(28)13-7-3-2-4-8-13/h2-4,7-8H,5-6,9-11H2,1H3. The molecular weight excluding hydrogens is 416 g/mol. The summed E-state index contributed by atoms with van der Waals surface area (Å²) < 4.78 is 3.86. The topological polar surface area (TPSA) is 77.5 Å². The van der Waals surface area contributed by atoms with Gasteiger partial charge in [0.15, 0.2) is 16.6 Å². The minimum Gasteiger partial charge on any atom is -0.293 e. The molecule has 5 aromatic rings. The van der Waals surface area contributed by atoms with Crippen LogP contribution in [0, 0.1) is 6.92 Å². The zero-order chi connectivity index (χ0) is 20.2. The number of hydrogen-bond donors (Lipinski definition) is 0. The lowest BCUT2D eigenvalue weighted by molar-refractivity contribution is 0.102. The predicted octanol–water partition coefficient (Wildman–Crippen LogP) is 4.15. The molecule has 0 saturated carbocycles. The number of carbonyl (C=O) groups is 1. The fourth-order valence-corrected chi connectivity index (χ4v) is 6.43. The summed E-state index contributed by atoms with van der Waals surface area (Å²) in [5.74, 6) is 1.76. The number of rotatable bonds is 4. The molecule has 0 atom stereocenters. The fraction of sp³-hybridized carbons (Fsp3) is 0.286. The fourth-order valence-electron chi connectivity index (χ4n) is 4.16. The summed E-state index contributed by atoms with van der Waals surface area (Å²) in [4.78, 5) is 19.9. The molecule has 0 saturated heterocycles. The first kappa shape index (κ1) is 18.0. The number of aryl methyl sites for hydroxylation is 3. The molecule has 0 fully saturated rings. The van der Waals surface area contributed by atoms with E-state index < -0.39 is 0 Å². The molecule has 4 heterocycles. The largest absolute Gasteiger partial charge is 0.293 e. The number of hydrogen-bond acceptors (Lipinski definition) is 7. The lowest BCUT2D eigenvalue weighted by atomic mass is 9.97. The van der Waals surface area contributed by atoms with Gasteiger partial charge in [0, 0.05) is 10.4 Å². The zero-order valence-electron chi connectivity index (χ0n) is 16.3. The first-order valence-electron chi connectivity index (χ1n) is 9.96. The Bertz CT molecular complexity index is 1430. The maximum absolute atomic E-state index is 12.6. The summed E-state index contributed by atoms with van der Waals surface area (Å²) in [5.41, 5.74) is 2.97. The van der Waals surface area contributed by atoms with E-state index in [0.29, 0.717) is 22.3 Å². The molecule has 0 unspecified atom stereocenters. The van der Waals surface area contributed by atoms with Gasteiger partial charge in [-0.25, -0.2) is 9.38 Å². The highest BCUT2D eigenvalue weighted by atomic mass is 32.2. The Labute approximate surface area is 180 Å². The van der Waals surface area contributed by atoms with Crippen molar-refractivity contribution in [1.29, 1.82) is 0 Å². The average Bonchev–Trinajstić information content (AvgIpc) is 3.46. The second-order valence-corrected chi connectivity index (χ2v) is 9.51. The Hall–Kier alpha value is -2.78. The number of ketones is 1. The monoisotopic (exact) mass is 434 g/mol. The molecule has 0 aliphatic heterocycles. The van der Waals surface area contributed by atoms with E-state index in [1.54, 1.807) is 15.9 Å². The van der Waals surface area contributed by atoms with E-state index in [1.165, 1.54) is 40.4 Å². The van der Waals surface area contributed by atoms with E-state index >= 15 is 0 Å². The third-order valence-corrected chi connectivity index (χ3v) is 7.73. The molecular formula is C21H18N6OS2. The smallest absolute Gasteiger partial charge is 0.260 e. The van der Waals surface area contributed by atoms with Crippen molar-refractivity contribution in [3.8, 4) is 0 Å². The molecule has 7 nitrogen and oxygen atoms in total. The number of thioether (sulfide) groups is 1. The molecule has 30 heavy (non-hydrogen) atoms. The van der Waals surface area contributed by atoms with Crippen LogP contribution in [0.2, 0.25) is 0 Å². The molecule has 9 heteroatoms. The summed E-state index contributed by atoms with van der Waals surface area (Å²) in [5, 5.41) is 15.3. The first-order chi connectivity index (χ1) is 14.7. The summed E-state index contributed by atoms with van der Waals surface area (Å²) in [6.45, 7) is 1.90. The average molecular weight is 435 g/mol. The van der Waals surface area contributed by atoms with Crippen LogP contribution in [0.15, 0.2) is 35.5 Å². The first-order valence-corrected chi connectivity index (χ1v) is 11.8. The van der Waals surface area contributed by atoms with Gasteiger partial charge in [-0.2, -0.15) is 4.52 Å². The quantitative estimate of drug-likeness (QED) is 0.312. The molecule has 0 amide bonds. The van der Waals surface area contributed by atoms with Crippen LogP contribution >= 0.6 is 23.1 Å². The Morgan fingerprint density at radius 2 is 2.00 bits per heavy atom. The van der Waals surface area contributed by atoms with E-state index in [0.717, 1.165) is 29.1 Å². The molecule has 1 aromatic carbocycles. The number of nitrogens with zero attached hydrogens (tertiary/aromatic N) is 6. The molecule has 0 radical (unpaired) electrons. The predicted molar refractivity (Wildman–Crippen MR) is 118 cm³/mol. The van der Waals surface area contributed by atoms with Crippen molar-refractivity contribution in [3.05, 3.63) is 52.2 Å². The van der Waals surface area contributed by atoms with Gasteiger partial charge in [0.05, 0.1) is 11.1 Å². The van der Waals surface area contributed by atoms with Crippen molar-refractivity contribution in [2.75, 3.05) is 5.75 Å². The van der Waals surface area contributed by atoms with Gasteiger partial charge < -0.3 is 0 Å². The highest BCUT2D eigenvalue weighted by molar-refractivity contribution is 7.99. The molecule has 0 N–H and O–H groups in total. The van der Waals surface area contributed by atoms with Crippen molar-refractivity contribution in [2.24, 2.45) is 0 Å². The molecule has 0 spiro atoms. The van der Waals surface area contributed by atoms with Crippen LogP contribution < -0.4 is 0 Å². The number of thiophene rings is 1. The third kappa shape index (κ3) is 2.69.